The molecule has 0 bridgehead atoms. The van der Waals surface area contributed by atoms with Crippen LogP contribution in [0.3, 0.4) is 0 Å². The van der Waals surface area contributed by atoms with Gasteiger partial charge < -0.3 is 20.5 Å². The third-order valence-corrected chi connectivity index (χ3v) is 2.74. The molecule has 1 aliphatic rings. The van der Waals surface area contributed by atoms with E-state index < -0.39 is 0 Å². The second-order valence-corrected chi connectivity index (χ2v) is 4.32. The molecule has 0 aromatic heterocycles. The standard InChI is InChI=1S/C13H18N2O3.ClH/c1-9(8-14)15-13(16)10-3-4-11-12(7-10)18-6-2-5-17-11;/h3-4,7,9H,2,5-6,8,14H2,1H3,(H,15,16);1H/t9-;/m0./s1. The Kier molecular flexibility index (Phi) is 5.92. The Balaban J connectivity index is 0.00000180. The van der Waals surface area contributed by atoms with Crippen LogP contribution in [0.15, 0.2) is 18.2 Å². The van der Waals surface area contributed by atoms with E-state index in [1.165, 1.54) is 0 Å². The maximum absolute atomic E-state index is 11.9. The number of ether oxygens (including phenoxy) is 2. The molecular weight excluding hydrogens is 268 g/mol. The van der Waals surface area contributed by atoms with Gasteiger partial charge in [-0.25, -0.2) is 0 Å². The monoisotopic (exact) mass is 286 g/mol. The van der Waals surface area contributed by atoms with Gasteiger partial charge >= 0.3 is 0 Å². The molecule has 3 N–H and O–H groups in total. The molecule has 0 spiro atoms. The highest BCUT2D eigenvalue weighted by molar-refractivity contribution is 5.95. The molecule has 19 heavy (non-hydrogen) atoms. The Bertz CT molecular complexity index is 440. The summed E-state index contributed by atoms with van der Waals surface area (Å²) in [5, 5.41) is 2.81. The number of hydrogen-bond donors (Lipinski definition) is 2. The molecule has 1 aromatic rings. The van der Waals surface area contributed by atoms with Gasteiger partial charge in [0.2, 0.25) is 0 Å². The number of amides is 1. The van der Waals surface area contributed by atoms with Crippen molar-refractivity contribution in [3.63, 3.8) is 0 Å². The van der Waals surface area contributed by atoms with Crippen LogP contribution in [0.25, 0.3) is 0 Å². The summed E-state index contributed by atoms with van der Waals surface area (Å²) < 4.78 is 11.0. The van der Waals surface area contributed by atoms with Gasteiger partial charge in [-0.05, 0) is 25.1 Å². The number of fused-ring (bicyclic) bond motifs is 1. The Morgan fingerprint density at radius 2 is 2.05 bits per heavy atom. The van der Waals surface area contributed by atoms with Gasteiger partial charge in [-0.1, -0.05) is 0 Å². The van der Waals surface area contributed by atoms with Crippen LogP contribution in [0, 0.1) is 0 Å². The second kappa shape index (κ2) is 7.21. The molecule has 0 unspecified atom stereocenters. The lowest BCUT2D eigenvalue weighted by atomic mass is 10.1. The van der Waals surface area contributed by atoms with Crippen LogP contribution in [0.1, 0.15) is 23.7 Å². The summed E-state index contributed by atoms with van der Waals surface area (Å²) in [5.74, 6) is 1.17. The van der Waals surface area contributed by atoms with Gasteiger partial charge in [0, 0.05) is 24.6 Å². The lowest BCUT2D eigenvalue weighted by Gasteiger charge is -2.13. The van der Waals surface area contributed by atoms with Gasteiger partial charge in [-0.15, -0.1) is 12.4 Å². The SMILES string of the molecule is C[C@@H](CN)NC(=O)c1ccc2c(c1)OCCCO2.Cl. The topological polar surface area (TPSA) is 73.6 Å². The first-order chi connectivity index (χ1) is 8.70. The third-order valence-electron chi connectivity index (χ3n) is 2.74. The van der Waals surface area contributed by atoms with E-state index in [9.17, 15) is 4.79 Å². The van der Waals surface area contributed by atoms with Crippen LogP contribution in [0.5, 0.6) is 11.5 Å². The summed E-state index contributed by atoms with van der Waals surface area (Å²) in [6.45, 7) is 3.53. The summed E-state index contributed by atoms with van der Waals surface area (Å²) in [4.78, 5) is 11.9. The Morgan fingerprint density at radius 1 is 1.37 bits per heavy atom. The molecule has 6 heteroatoms. The molecule has 1 atom stereocenters. The Hall–Kier alpha value is -1.46. The van der Waals surface area contributed by atoms with Crippen molar-refractivity contribution in [1.29, 1.82) is 0 Å². The summed E-state index contributed by atoms with van der Waals surface area (Å²) in [7, 11) is 0. The first kappa shape index (κ1) is 15.6. The first-order valence-electron chi connectivity index (χ1n) is 6.11. The molecule has 0 saturated carbocycles. The molecule has 106 valence electrons. The van der Waals surface area contributed by atoms with E-state index in [0.29, 0.717) is 36.8 Å². The molecular formula is C13H19ClN2O3. The van der Waals surface area contributed by atoms with E-state index >= 15 is 0 Å². The van der Waals surface area contributed by atoms with Crippen LogP contribution in [0.2, 0.25) is 0 Å². The minimum atomic E-state index is -0.149. The van der Waals surface area contributed by atoms with Crippen molar-refractivity contribution in [2.75, 3.05) is 19.8 Å². The number of halogens is 1. The number of rotatable bonds is 3. The fourth-order valence-corrected chi connectivity index (χ4v) is 1.67. The quantitative estimate of drug-likeness (QED) is 0.880. The number of nitrogens with one attached hydrogen (secondary N) is 1. The minimum absolute atomic E-state index is 0. The fraction of sp³-hybridized carbons (Fsp3) is 0.462. The number of carbonyl (C=O) groups excluding carboxylic acids is 1. The summed E-state index contributed by atoms with van der Waals surface area (Å²) in [6, 6.07) is 5.15. The molecule has 0 fully saturated rings. The predicted molar refractivity (Wildman–Crippen MR) is 75.3 cm³/mol. The van der Waals surface area contributed by atoms with E-state index in [0.717, 1.165) is 6.42 Å². The van der Waals surface area contributed by atoms with Gasteiger partial charge in [0.1, 0.15) is 0 Å². The highest BCUT2D eigenvalue weighted by Crippen LogP contribution is 2.30. The normalized spacial score (nSPS) is 14.8. The number of nitrogens with two attached hydrogens (primary N) is 1. The van der Waals surface area contributed by atoms with Crippen molar-refractivity contribution in [2.45, 2.75) is 19.4 Å². The third kappa shape index (κ3) is 4.01. The van der Waals surface area contributed by atoms with Crippen molar-refractivity contribution < 1.29 is 14.3 Å². The highest BCUT2D eigenvalue weighted by atomic mass is 35.5. The van der Waals surface area contributed by atoms with Crippen LogP contribution < -0.4 is 20.5 Å². The zero-order valence-corrected chi connectivity index (χ0v) is 11.7. The molecule has 5 nitrogen and oxygen atoms in total. The maximum Gasteiger partial charge on any atom is 0.251 e. The number of carbonyl (C=O) groups is 1. The Morgan fingerprint density at radius 3 is 2.74 bits per heavy atom. The fourth-order valence-electron chi connectivity index (χ4n) is 1.67. The van der Waals surface area contributed by atoms with Gasteiger partial charge in [-0.2, -0.15) is 0 Å². The number of hydrogen-bond acceptors (Lipinski definition) is 4. The molecule has 1 aliphatic heterocycles. The molecule has 1 amide bonds. The zero-order chi connectivity index (χ0) is 13.0. The van der Waals surface area contributed by atoms with Gasteiger partial charge in [0.05, 0.1) is 13.2 Å². The highest BCUT2D eigenvalue weighted by Gasteiger charge is 2.14. The summed E-state index contributed by atoms with van der Waals surface area (Å²) in [5.41, 5.74) is 6.03. The molecule has 0 aliphatic carbocycles. The predicted octanol–water partition coefficient (Wildman–Crippen LogP) is 1.35. The smallest absolute Gasteiger partial charge is 0.251 e. The second-order valence-electron chi connectivity index (χ2n) is 4.32. The Labute approximate surface area is 118 Å². The van der Waals surface area contributed by atoms with Gasteiger partial charge in [0.15, 0.2) is 11.5 Å². The van der Waals surface area contributed by atoms with Crippen molar-refractivity contribution in [3.05, 3.63) is 23.8 Å². The average Bonchev–Trinajstić information content (AvgIpc) is 2.62. The van der Waals surface area contributed by atoms with Crippen LogP contribution in [-0.4, -0.2) is 31.7 Å². The van der Waals surface area contributed by atoms with Crippen LogP contribution in [0.4, 0.5) is 0 Å². The average molecular weight is 287 g/mol. The van der Waals surface area contributed by atoms with Crippen molar-refractivity contribution in [2.24, 2.45) is 5.73 Å². The van der Waals surface area contributed by atoms with E-state index in [1.807, 2.05) is 6.92 Å². The van der Waals surface area contributed by atoms with E-state index in [4.69, 9.17) is 15.2 Å². The van der Waals surface area contributed by atoms with Crippen molar-refractivity contribution in [1.82, 2.24) is 5.32 Å². The van der Waals surface area contributed by atoms with E-state index in [2.05, 4.69) is 5.32 Å². The van der Waals surface area contributed by atoms with Gasteiger partial charge in [0.25, 0.3) is 5.91 Å². The minimum Gasteiger partial charge on any atom is -0.490 e. The van der Waals surface area contributed by atoms with Crippen LogP contribution >= 0.6 is 12.4 Å². The lowest BCUT2D eigenvalue weighted by Crippen LogP contribution is -2.37. The molecule has 1 aromatic carbocycles. The largest absolute Gasteiger partial charge is 0.490 e. The molecule has 1 heterocycles. The number of benzene rings is 1. The lowest BCUT2D eigenvalue weighted by molar-refractivity contribution is 0.0941. The van der Waals surface area contributed by atoms with Crippen molar-refractivity contribution >= 4 is 18.3 Å². The molecule has 0 saturated heterocycles. The van der Waals surface area contributed by atoms with Crippen molar-refractivity contribution in [3.8, 4) is 11.5 Å². The molecule has 2 rings (SSSR count). The van der Waals surface area contributed by atoms with Crippen LogP contribution in [-0.2, 0) is 0 Å². The zero-order valence-electron chi connectivity index (χ0n) is 10.8. The molecule has 0 radical (unpaired) electrons. The first-order valence-corrected chi connectivity index (χ1v) is 6.11. The maximum atomic E-state index is 11.9. The van der Waals surface area contributed by atoms with E-state index in [-0.39, 0.29) is 24.4 Å². The summed E-state index contributed by atoms with van der Waals surface area (Å²) >= 11 is 0. The van der Waals surface area contributed by atoms with Gasteiger partial charge in [-0.3, -0.25) is 4.79 Å². The summed E-state index contributed by atoms with van der Waals surface area (Å²) in [6.07, 6.45) is 0.848. The van der Waals surface area contributed by atoms with E-state index in [1.54, 1.807) is 18.2 Å².